The maximum Gasteiger partial charge on any atom is 0.163 e. The SMILES string of the molecule is NC(CN1CCn2cnnc2C1)c1cccc(F)c1F. The molecule has 1 aromatic heterocycles. The molecule has 0 amide bonds. The van der Waals surface area contributed by atoms with Gasteiger partial charge in [-0.2, -0.15) is 0 Å². The van der Waals surface area contributed by atoms with Gasteiger partial charge in [0.15, 0.2) is 11.6 Å². The molecule has 0 fully saturated rings. The fraction of sp³-hybridized carbons (Fsp3) is 0.385. The minimum atomic E-state index is -0.865. The summed E-state index contributed by atoms with van der Waals surface area (Å²) in [7, 11) is 0. The second-order valence-corrected chi connectivity index (χ2v) is 4.93. The molecule has 1 unspecified atom stereocenters. The summed E-state index contributed by atoms with van der Waals surface area (Å²) in [5, 5.41) is 7.86. The number of nitrogens with zero attached hydrogens (tertiary/aromatic N) is 4. The third-order valence-electron chi connectivity index (χ3n) is 3.55. The summed E-state index contributed by atoms with van der Waals surface area (Å²) in [6, 6.07) is 3.52. The molecule has 0 radical (unpaired) electrons. The Balaban J connectivity index is 1.71. The summed E-state index contributed by atoms with van der Waals surface area (Å²) in [5.74, 6) is -0.861. The first-order chi connectivity index (χ1) is 9.65. The molecule has 0 aliphatic carbocycles. The average Bonchev–Trinajstić information content (AvgIpc) is 2.89. The van der Waals surface area contributed by atoms with Crippen molar-refractivity contribution in [2.45, 2.75) is 19.1 Å². The van der Waals surface area contributed by atoms with Crippen LogP contribution in [-0.2, 0) is 13.1 Å². The largest absolute Gasteiger partial charge is 0.323 e. The minimum Gasteiger partial charge on any atom is -0.323 e. The predicted molar refractivity (Wildman–Crippen MR) is 68.6 cm³/mol. The highest BCUT2D eigenvalue weighted by Crippen LogP contribution is 2.20. The molecule has 1 atom stereocenters. The van der Waals surface area contributed by atoms with Crippen LogP contribution in [0.5, 0.6) is 0 Å². The van der Waals surface area contributed by atoms with Crippen LogP contribution in [-0.4, -0.2) is 32.8 Å². The predicted octanol–water partition coefficient (Wildman–Crippen LogP) is 1.07. The number of nitrogens with two attached hydrogens (primary N) is 1. The van der Waals surface area contributed by atoms with E-state index in [4.69, 9.17) is 5.73 Å². The van der Waals surface area contributed by atoms with Crippen LogP contribution in [0.3, 0.4) is 0 Å². The molecule has 0 saturated heterocycles. The van der Waals surface area contributed by atoms with Gasteiger partial charge >= 0.3 is 0 Å². The van der Waals surface area contributed by atoms with Crippen molar-refractivity contribution in [3.63, 3.8) is 0 Å². The minimum absolute atomic E-state index is 0.206. The Morgan fingerprint density at radius 3 is 3.00 bits per heavy atom. The molecule has 2 aromatic rings. The molecular formula is C13H15F2N5. The van der Waals surface area contributed by atoms with Crippen LogP contribution in [0, 0.1) is 11.6 Å². The number of halogens is 2. The van der Waals surface area contributed by atoms with E-state index >= 15 is 0 Å². The summed E-state index contributed by atoms with van der Waals surface area (Å²) in [5.41, 5.74) is 6.21. The van der Waals surface area contributed by atoms with Crippen LogP contribution in [0.4, 0.5) is 8.78 Å². The number of aromatic nitrogens is 3. The quantitative estimate of drug-likeness (QED) is 0.913. The van der Waals surface area contributed by atoms with E-state index in [1.807, 2.05) is 4.57 Å². The van der Waals surface area contributed by atoms with Crippen molar-refractivity contribution in [1.82, 2.24) is 19.7 Å². The van der Waals surface area contributed by atoms with Crippen LogP contribution < -0.4 is 5.73 Å². The number of hydrogen-bond donors (Lipinski definition) is 1. The molecule has 0 spiro atoms. The van der Waals surface area contributed by atoms with Crippen molar-refractivity contribution in [3.05, 3.63) is 47.5 Å². The van der Waals surface area contributed by atoms with E-state index < -0.39 is 17.7 Å². The van der Waals surface area contributed by atoms with E-state index in [0.717, 1.165) is 25.0 Å². The van der Waals surface area contributed by atoms with Gasteiger partial charge in [0.25, 0.3) is 0 Å². The third kappa shape index (κ3) is 2.41. The van der Waals surface area contributed by atoms with Gasteiger partial charge in [-0.15, -0.1) is 10.2 Å². The lowest BCUT2D eigenvalue weighted by atomic mass is 10.1. The van der Waals surface area contributed by atoms with Gasteiger partial charge in [-0.25, -0.2) is 8.78 Å². The molecule has 20 heavy (non-hydrogen) atoms. The van der Waals surface area contributed by atoms with Gasteiger partial charge in [-0.1, -0.05) is 12.1 Å². The smallest absolute Gasteiger partial charge is 0.163 e. The Morgan fingerprint density at radius 1 is 1.30 bits per heavy atom. The molecule has 2 heterocycles. The Bertz CT molecular complexity index is 613. The zero-order chi connectivity index (χ0) is 14.1. The van der Waals surface area contributed by atoms with Gasteiger partial charge < -0.3 is 10.3 Å². The highest BCUT2D eigenvalue weighted by molar-refractivity contribution is 5.22. The molecule has 1 aliphatic heterocycles. The lowest BCUT2D eigenvalue weighted by Crippen LogP contribution is -2.38. The summed E-state index contributed by atoms with van der Waals surface area (Å²) in [6.45, 7) is 2.63. The number of hydrogen-bond acceptors (Lipinski definition) is 4. The van der Waals surface area contributed by atoms with E-state index in [1.54, 1.807) is 6.33 Å². The van der Waals surface area contributed by atoms with Crippen molar-refractivity contribution < 1.29 is 8.78 Å². The van der Waals surface area contributed by atoms with Gasteiger partial charge in [0.1, 0.15) is 12.2 Å². The monoisotopic (exact) mass is 279 g/mol. The lowest BCUT2D eigenvalue weighted by molar-refractivity contribution is 0.203. The molecular weight excluding hydrogens is 264 g/mol. The van der Waals surface area contributed by atoms with Gasteiger partial charge in [0.2, 0.25) is 0 Å². The van der Waals surface area contributed by atoms with Gasteiger partial charge in [-0.05, 0) is 6.07 Å². The first kappa shape index (κ1) is 13.1. The summed E-state index contributed by atoms with van der Waals surface area (Å²) < 4.78 is 28.9. The van der Waals surface area contributed by atoms with Crippen molar-refractivity contribution in [3.8, 4) is 0 Å². The lowest BCUT2D eigenvalue weighted by Gasteiger charge is -2.29. The van der Waals surface area contributed by atoms with Crippen LogP contribution >= 0.6 is 0 Å². The van der Waals surface area contributed by atoms with Gasteiger partial charge in [0, 0.05) is 31.2 Å². The Hall–Kier alpha value is -1.86. The maximum absolute atomic E-state index is 13.7. The van der Waals surface area contributed by atoms with Crippen molar-refractivity contribution in [2.24, 2.45) is 5.73 Å². The fourth-order valence-corrected chi connectivity index (χ4v) is 2.46. The first-order valence-electron chi connectivity index (χ1n) is 6.43. The van der Waals surface area contributed by atoms with E-state index in [0.29, 0.717) is 13.1 Å². The van der Waals surface area contributed by atoms with Crippen molar-refractivity contribution in [2.75, 3.05) is 13.1 Å². The Kier molecular flexibility index (Phi) is 3.45. The summed E-state index contributed by atoms with van der Waals surface area (Å²) >= 11 is 0. The van der Waals surface area contributed by atoms with Crippen molar-refractivity contribution in [1.29, 1.82) is 0 Å². The summed E-state index contributed by atoms with van der Waals surface area (Å²) in [6.07, 6.45) is 1.69. The van der Waals surface area contributed by atoms with Crippen molar-refractivity contribution >= 4 is 0 Å². The standard InChI is InChI=1S/C13H15F2N5/c14-10-3-1-2-9(13(10)15)11(16)6-19-4-5-20-8-17-18-12(20)7-19/h1-3,8,11H,4-7,16H2. The van der Waals surface area contributed by atoms with E-state index in [1.165, 1.54) is 12.1 Å². The van der Waals surface area contributed by atoms with Crippen LogP contribution in [0.25, 0.3) is 0 Å². The van der Waals surface area contributed by atoms with Crippen LogP contribution in [0.15, 0.2) is 24.5 Å². The topological polar surface area (TPSA) is 60.0 Å². The van der Waals surface area contributed by atoms with Gasteiger partial charge in [0.05, 0.1) is 6.54 Å². The average molecular weight is 279 g/mol. The van der Waals surface area contributed by atoms with E-state index in [-0.39, 0.29) is 5.56 Å². The normalized spacial score (nSPS) is 16.9. The molecule has 2 N–H and O–H groups in total. The van der Waals surface area contributed by atoms with E-state index in [2.05, 4.69) is 15.1 Å². The van der Waals surface area contributed by atoms with Crippen LogP contribution in [0.1, 0.15) is 17.4 Å². The molecule has 1 aliphatic rings. The second kappa shape index (κ2) is 5.26. The summed E-state index contributed by atoms with van der Waals surface area (Å²) in [4.78, 5) is 2.07. The fourth-order valence-electron chi connectivity index (χ4n) is 2.46. The van der Waals surface area contributed by atoms with Gasteiger partial charge in [-0.3, -0.25) is 4.90 Å². The highest BCUT2D eigenvalue weighted by atomic mass is 19.2. The third-order valence-corrected chi connectivity index (χ3v) is 3.55. The molecule has 0 saturated carbocycles. The number of rotatable bonds is 3. The molecule has 1 aromatic carbocycles. The molecule has 0 bridgehead atoms. The molecule has 7 heteroatoms. The highest BCUT2D eigenvalue weighted by Gasteiger charge is 2.22. The van der Waals surface area contributed by atoms with Crippen LogP contribution in [0.2, 0.25) is 0 Å². The number of fused-ring (bicyclic) bond motifs is 1. The first-order valence-corrected chi connectivity index (χ1v) is 6.43. The zero-order valence-electron chi connectivity index (χ0n) is 10.8. The van der Waals surface area contributed by atoms with E-state index in [9.17, 15) is 8.78 Å². The zero-order valence-corrected chi connectivity index (χ0v) is 10.8. The Labute approximate surface area is 115 Å². The Morgan fingerprint density at radius 2 is 2.15 bits per heavy atom. The second-order valence-electron chi connectivity index (χ2n) is 4.93. The maximum atomic E-state index is 13.7. The number of benzene rings is 1. The molecule has 106 valence electrons. The molecule has 5 nitrogen and oxygen atoms in total. The molecule has 3 rings (SSSR count).